The minimum Gasteiger partial charge on any atom is -0.478 e. The molecule has 0 aliphatic rings. The highest BCUT2D eigenvalue weighted by Gasteiger charge is 2.05. The Morgan fingerprint density at radius 3 is 2.79 bits per heavy atom. The van der Waals surface area contributed by atoms with E-state index < -0.39 is 0 Å². The van der Waals surface area contributed by atoms with E-state index >= 15 is 0 Å². The summed E-state index contributed by atoms with van der Waals surface area (Å²) in [6, 6.07) is 9.97. The van der Waals surface area contributed by atoms with E-state index in [1.807, 2.05) is 30.3 Å². The van der Waals surface area contributed by atoms with E-state index in [1.165, 1.54) is 6.42 Å². The molecule has 0 saturated heterocycles. The first-order chi connectivity index (χ1) is 9.20. The van der Waals surface area contributed by atoms with Gasteiger partial charge < -0.3 is 4.74 Å². The van der Waals surface area contributed by atoms with E-state index in [9.17, 15) is 0 Å². The molecule has 102 valence electrons. The molecule has 0 amide bonds. The zero-order valence-corrected chi connectivity index (χ0v) is 12.3. The molecule has 0 unspecified atom stereocenters. The van der Waals surface area contributed by atoms with E-state index in [-0.39, 0.29) is 0 Å². The van der Waals surface area contributed by atoms with Gasteiger partial charge in [0.1, 0.15) is 0 Å². The number of halogens is 1. The van der Waals surface area contributed by atoms with Gasteiger partial charge in [-0.15, -0.1) is 11.6 Å². The molecule has 2 rings (SSSR count). The van der Waals surface area contributed by atoms with Crippen LogP contribution in [-0.4, -0.2) is 11.6 Å². The third kappa shape index (κ3) is 3.84. The van der Waals surface area contributed by atoms with Gasteiger partial charge in [0.2, 0.25) is 5.88 Å². The van der Waals surface area contributed by atoms with Crippen LogP contribution >= 0.6 is 11.6 Å². The molecule has 0 radical (unpaired) electrons. The maximum Gasteiger partial charge on any atom is 0.214 e. The van der Waals surface area contributed by atoms with Gasteiger partial charge in [-0.3, -0.25) is 0 Å². The van der Waals surface area contributed by atoms with E-state index in [0.717, 1.165) is 22.9 Å². The van der Waals surface area contributed by atoms with E-state index in [1.54, 1.807) is 0 Å². The van der Waals surface area contributed by atoms with E-state index in [2.05, 4.69) is 18.8 Å². The third-order valence-corrected chi connectivity index (χ3v) is 3.39. The second-order valence-corrected chi connectivity index (χ2v) is 5.42. The van der Waals surface area contributed by atoms with Crippen LogP contribution in [0.4, 0.5) is 0 Å². The Morgan fingerprint density at radius 2 is 2.05 bits per heavy atom. The molecule has 1 aromatic heterocycles. The molecule has 0 bridgehead atoms. The van der Waals surface area contributed by atoms with Crippen molar-refractivity contribution in [2.45, 2.75) is 32.6 Å². The Kier molecular flexibility index (Phi) is 5.03. The van der Waals surface area contributed by atoms with Gasteiger partial charge in [0.25, 0.3) is 0 Å². The lowest BCUT2D eigenvalue weighted by atomic mass is 10.1. The Morgan fingerprint density at radius 1 is 1.26 bits per heavy atom. The third-order valence-electron chi connectivity index (χ3n) is 3.10. The lowest BCUT2D eigenvalue weighted by Crippen LogP contribution is -2.02. The number of alkyl halides is 1. The molecule has 2 aromatic rings. The van der Waals surface area contributed by atoms with Crippen molar-refractivity contribution in [3.05, 3.63) is 35.9 Å². The van der Waals surface area contributed by atoms with Gasteiger partial charge in [-0.05, 0) is 30.4 Å². The number of hydrogen-bond acceptors (Lipinski definition) is 2. The topological polar surface area (TPSA) is 22.1 Å². The first-order valence-corrected chi connectivity index (χ1v) is 7.31. The predicted molar refractivity (Wildman–Crippen MR) is 80.9 cm³/mol. The van der Waals surface area contributed by atoms with Gasteiger partial charge in [0.15, 0.2) is 0 Å². The Bertz CT molecular complexity index is 539. The highest BCUT2D eigenvalue weighted by molar-refractivity contribution is 6.18. The van der Waals surface area contributed by atoms with Crippen molar-refractivity contribution >= 4 is 22.5 Å². The van der Waals surface area contributed by atoms with Gasteiger partial charge in [0, 0.05) is 17.3 Å². The van der Waals surface area contributed by atoms with Gasteiger partial charge in [0.05, 0.1) is 12.1 Å². The molecule has 0 aliphatic carbocycles. The van der Waals surface area contributed by atoms with Crippen LogP contribution in [0.3, 0.4) is 0 Å². The summed E-state index contributed by atoms with van der Waals surface area (Å²) < 4.78 is 5.74. The van der Waals surface area contributed by atoms with Crippen molar-refractivity contribution < 1.29 is 4.74 Å². The van der Waals surface area contributed by atoms with Crippen molar-refractivity contribution in [2.24, 2.45) is 5.92 Å². The van der Waals surface area contributed by atoms with E-state index in [4.69, 9.17) is 16.3 Å². The van der Waals surface area contributed by atoms with Crippen molar-refractivity contribution in [3.8, 4) is 5.88 Å². The van der Waals surface area contributed by atoms with Crippen molar-refractivity contribution in [1.82, 2.24) is 4.98 Å². The number of benzene rings is 1. The zero-order valence-electron chi connectivity index (χ0n) is 11.5. The van der Waals surface area contributed by atoms with Gasteiger partial charge >= 0.3 is 0 Å². The number of ether oxygens (including phenoxy) is 1. The molecule has 1 aromatic carbocycles. The largest absolute Gasteiger partial charge is 0.478 e. The van der Waals surface area contributed by atoms with Crippen molar-refractivity contribution in [1.29, 1.82) is 0 Å². The zero-order chi connectivity index (χ0) is 13.7. The average Bonchev–Trinajstić information content (AvgIpc) is 2.42. The minimum atomic E-state index is 0.478. The standard InChI is InChI=1S/C16H20ClNO/c1-12(2)6-5-9-19-16-10-13(11-17)14-7-3-4-8-15(14)18-16/h3-4,7-8,10,12H,5-6,9,11H2,1-2H3. The van der Waals surface area contributed by atoms with E-state index in [0.29, 0.717) is 24.3 Å². The molecule has 1 heterocycles. The molecular formula is C16H20ClNO. The second-order valence-electron chi connectivity index (χ2n) is 5.15. The SMILES string of the molecule is CC(C)CCCOc1cc(CCl)c2ccccc2n1. The molecule has 0 atom stereocenters. The quantitative estimate of drug-likeness (QED) is 0.559. The fraction of sp³-hybridized carbons (Fsp3) is 0.438. The molecule has 0 saturated carbocycles. The average molecular weight is 278 g/mol. The van der Waals surface area contributed by atoms with Crippen molar-refractivity contribution in [3.63, 3.8) is 0 Å². The molecular weight excluding hydrogens is 258 g/mol. The maximum absolute atomic E-state index is 6.00. The first-order valence-electron chi connectivity index (χ1n) is 6.78. The summed E-state index contributed by atoms with van der Waals surface area (Å²) in [5, 5.41) is 1.10. The molecule has 0 aliphatic heterocycles. The monoisotopic (exact) mass is 277 g/mol. The van der Waals surface area contributed by atoms with Crippen LogP contribution < -0.4 is 4.74 Å². The summed E-state index contributed by atoms with van der Waals surface area (Å²) in [6.07, 6.45) is 2.23. The number of fused-ring (bicyclic) bond motifs is 1. The van der Waals surface area contributed by atoms with Crippen LogP contribution in [0.1, 0.15) is 32.3 Å². The smallest absolute Gasteiger partial charge is 0.214 e. The summed E-state index contributed by atoms with van der Waals surface area (Å²) in [4.78, 5) is 4.52. The van der Waals surface area contributed by atoms with Crippen LogP contribution in [0.2, 0.25) is 0 Å². The second kappa shape index (κ2) is 6.76. The molecule has 19 heavy (non-hydrogen) atoms. The Labute approximate surface area is 119 Å². The Hall–Kier alpha value is -1.28. The van der Waals surface area contributed by atoms with Crippen LogP contribution in [-0.2, 0) is 5.88 Å². The summed E-state index contributed by atoms with van der Waals surface area (Å²) >= 11 is 6.00. The van der Waals surface area contributed by atoms with Gasteiger partial charge in [-0.1, -0.05) is 32.0 Å². The maximum atomic E-state index is 6.00. The van der Waals surface area contributed by atoms with Crippen molar-refractivity contribution in [2.75, 3.05) is 6.61 Å². The summed E-state index contributed by atoms with van der Waals surface area (Å²) in [5.41, 5.74) is 2.02. The number of nitrogens with zero attached hydrogens (tertiary/aromatic N) is 1. The van der Waals surface area contributed by atoms with Crippen LogP contribution in [0.15, 0.2) is 30.3 Å². The summed E-state index contributed by atoms with van der Waals surface area (Å²) in [6.45, 7) is 5.16. The molecule has 0 N–H and O–H groups in total. The molecule has 3 heteroatoms. The fourth-order valence-electron chi connectivity index (χ4n) is 2.07. The highest BCUT2D eigenvalue weighted by atomic mass is 35.5. The van der Waals surface area contributed by atoms with Gasteiger partial charge in [-0.2, -0.15) is 0 Å². The molecule has 0 fully saturated rings. The molecule has 0 spiro atoms. The number of para-hydroxylation sites is 1. The number of pyridine rings is 1. The predicted octanol–water partition coefficient (Wildman–Crippen LogP) is 4.79. The lowest BCUT2D eigenvalue weighted by molar-refractivity contribution is 0.288. The Balaban J connectivity index is 2.11. The minimum absolute atomic E-state index is 0.478. The number of aromatic nitrogens is 1. The van der Waals surface area contributed by atoms with Crippen LogP contribution in [0.5, 0.6) is 5.88 Å². The normalized spacial score (nSPS) is 11.2. The number of hydrogen-bond donors (Lipinski definition) is 0. The number of rotatable bonds is 6. The van der Waals surface area contributed by atoms with Crippen LogP contribution in [0, 0.1) is 5.92 Å². The van der Waals surface area contributed by atoms with Crippen LogP contribution in [0.25, 0.3) is 10.9 Å². The molecule has 2 nitrogen and oxygen atoms in total. The fourth-order valence-corrected chi connectivity index (χ4v) is 2.29. The summed E-state index contributed by atoms with van der Waals surface area (Å²) in [7, 11) is 0. The van der Waals surface area contributed by atoms with Gasteiger partial charge in [-0.25, -0.2) is 4.98 Å². The lowest BCUT2D eigenvalue weighted by Gasteiger charge is -2.10. The highest BCUT2D eigenvalue weighted by Crippen LogP contribution is 2.23. The summed E-state index contributed by atoms with van der Waals surface area (Å²) in [5.74, 6) is 1.87. The first kappa shape index (κ1) is 14.1.